The smallest absolute Gasteiger partial charge is 0.336 e. The van der Waals surface area contributed by atoms with Gasteiger partial charge in [-0.15, -0.1) is 0 Å². The highest BCUT2D eigenvalue weighted by molar-refractivity contribution is 6.00. The molecule has 0 aliphatic heterocycles. The quantitative estimate of drug-likeness (QED) is 0.0441. The van der Waals surface area contributed by atoms with Gasteiger partial charge in [0, 0.05) is 67.3 Å². The second-order valence-electron chi connectivity index (χ2n) is 14.5. The Balaban J connectivity index is 1.71. The zero-order valence-electron chi connectivity index (χ0n) is 37.4. The Morgan fingerprint density at radius 1 is 0.522 bits per heavy atom. The van der Waals surface area contributed by atoms with Gasteiger partial charge in [0.25, 0.3) is 17.7 Å². The van der Waals surface area contributed by atoms with Crippen molar-refractivity contribution in [1.29, 1.82) is 0 Å². The van der Waals surface area contributed by atoms with Gasteiger partial charge in [-0.05, 0) is 67.8 Å². The van der Waals surface area contributed by atoms with E-state index in [-0.39, 0.29) is 108 Å². The molecule has 0 aliphatic carbocycles. The van der Waals surface area contributed by atoms with Gasteiger partial charge in [0.2, 0.25) is 0 Å². The first-order valence-corrected chi connectivity index (χ1v) is 20.6. The van der Waals surface area contributed by atoms with Crippen molar-refractivity contribution in [3.63, 3.8) is 0 Å². The van der Waals surface area contributed by atoms with E-state index in [1.165, 1.54) is 89.5 Å². The minimum absolute atomic E-state index is 0.0104. The van der Waals surface area contributed by atoms with Crippen LogP contribution >= 0.6 is 0 Å². The minimum Gasteiger partial charge on any atom is -0.478 e. The van der Waals surface area contributed by atoms with Gasteiger partial charge in [-0.1, -0.05) is 36.4 Å². The van der Waals surface area contributed by atoms with E-state index in [1.54, 1.807) is 6.07 Å². The molecule has 4 aromatic carbocycles. The fraction of sp³-hybridized carbons (Fsp3) is 0.298. The zero-order valence-corrected chi connectivity index (χ0v) is 37.4. The molecule has 3 N–H and O–H groups in total. The van der Waals surface area contributed by atoms with Crippen LogP contribution in [0.2, 0.25) is 0 Å². The molecule has 20 heteroatoms. The number of carboxylic acids is 1. The van der Waals surface area contributed by atoms with Crippen molar-refractivity contribution in [3.8, 4) is 34.5 Å². The SMILES string of the molecule is CC(=O)Oc1cccc(C(=O)NCCCN(CCCN(Cc2ccccc2C(=O)O)C(=O)c2cccc(OC(C)=O)c2OC(C)O)C(=O)c2cccc(OC(C)=O)c2OC(C)=O)c1OC(C)=O. The maximum Gasteiger partial charge on any atom is 0.336 e. The number of amides is 3. The maximum absolute atomic E-state index is 14.5. The Hall–Kier alpha value is -8.13. The topological polar surface area (TPSA) is 268 Å². The van der Waals surface area contributed by atoms with Crippen LogP contribution in [0.4, 0.5) is 0 Å². The molecule has 1 unspecified atom stereocenters. The molecule has 0 bridgehead atoms. The first-order valence-electron chi connectivity index (χ1n) is 20.6. The average Bonchev–Trinajstić information content (AvgIpc) is 3.24. The van der Waals surface area contributed by atoms with E-state index in [4.69, 9.17) is 28.4 Å². The highest BCUT2D eigenvalue weighted by Gasteiger charge is 2.28. The number of nitrogens with zero attached hydrogens (tertiary/aromatic N) is 2. The first-order chi connectivity index (χ1) is 31.8. The molecule has 0 radical (unpaired) electrons. The lowest BCUT2D eigenvalue weighted by molar-refractivity contribution is -0.134. The van der Waals surface area contributed by atoms with Crippen LogP contribution in [0.15, 0.2) is 78.9 Å². The molecule has 4 aromatic rings. The van der Waals surface area contributed by atoms with Crippen LogP contribution < -0.4 is 33.7 Å². The summed E-state index contributed by atoms with van der Waals surface area (Å²) in [5.41, 5.74) is -0.331. The Labute approximate surface area is 384 Å². The number of para-hydroxylation sites is 3. The molecule has 0 fully saturated rings. The van der Waals surface area contributed by atoms with Crippen LogP contribution in [0.1, 0.15) is 101 Å². The number of esters is 5. The van der Waals surface area contributed by atoms with E-state index in [9.17, 15) is 53.4 Å². The van der Waals surface area contributed by atoms with Crippen molar-refractivity contribution in [2.45, 2.75) is 67.2 Å². The number of nitrogens with one attached hydrogen (secondary N) is 1. The molecule has 354 valence electrons. The fourth-order valence-corrected chi connectivity index (χ4v) is 6.56. The number of carbonyl (C=O) groups is 9. The van der Waals surface area contributed by atoms with Crippen molar-refractivity contribution < 1.29 is 81.8 Å². The molecule has 0 saturated carbocycles. The number of aliphatic hydroxyl groups excluding tert-OH is 1. The monoisotopic (exact) mass is 927 g/mol. The Kier molecular flexibility index (Phi) is 18.6. The Morgan fingerprint density at radius 2 is 0.940 bits per heavy atom. The summed E-state index contributed by atoms with van der Waals surface area (Å²) in [7, 11) is 0. The lowest BCUT2D eigenvalue weighted by Crippen LogP contribution is -2.38. The largest absolute Gasteiger partial charge is 0.478 e. The summed E-state index contributed by atoms with van der Waals surface area (Å²) in [6, 6.07) is 18.3. The average molecular weight is 928 g/mol. The van der Waals surface area contributed by atoms with E-state index in [0.29, 0.717) is 0 Å². The van der Waals surface area contributed by atoms with Gasteiger partial charge in [0.15, 0.2) is 40.8 Å². The van der Waals surface area contributed by atoms with E-state index in [2.05, 4.69) is 5.32 Å². The van der Waals surface area contributed by atoms with Crippen LogP contribution in [0.5, 0.6) is 34.5 Å². The van der Waals surface area contributed by atoms with E-state index >= 15 is 0 Å². The molecule has 0 saturated heterocycles. The van der Waals surface area contributed by atoms with Gasteiger partial charge in [0.1, 0.15) is 0 Å². The molecule has 0 heterocycles. The van der Waals surface area contributed by atoms with Crippen molar-refractivity contribution in [2.75, 3.05) is 26.2 Å². The molecule has 0 aromatic heterocycles. The molecule has 0 aliphatic rings. The number of hydrogen-bond acceptors (Lipinski definition) is 16. The third-order valence-corrected chi connectivity index (χ3v) is 9.11. The molecule has 4 rings (SSSR count). The van der Waals surface area contributed by atoms with Gasteiger partial charge in [-0.3, -0.25) is 38.4 Å². The van der Waals surface area contributed by atoms with Crippen LogP contribution in [-0.4, -0.2) is 106 Å². The van der Waals surface area contributed by atoms with Crippen LogP contribution in [0, 0.1) is 0 Å². The highest BCUT2D eigenvalue weighted by atomic mass is 16.6. The van der Waals surface area contributed by atoms with E-state index < -0.39 is 59.8 Å². The number of ether oxygens (including phenoxy) is 6. The molecule has 1 atom stereocenters. The maximum atomic E-state index is 14.5. The van der Waals surface area contributed by atoms with Gasteiger partial charge in [-0.2, -0.15) is 0 Å². The Morgan fingerprint density at radius 3 is 1.45 bits per heavy atom. The molecule has 67 heavy (non-hydrogen) atoms. The molecular formula is C47H49N3O17. The number of carbonyl (C=O) groups excluding carboxylic acids is 8. The van der Waals surface area contributed by atoms with Crippen molar-refractivity contribution >= 4 is 53.5 Å². The summed E-state index contributed by atoms with van der Waals surface area (Å²) in [6.45, 7) is 6.11. The lowest BCUT2D eigenvalue weighted by atomic mass is 10.1. The lowest BCUT2D eigenvalue weighted by Gasteiger charge is -2.28. The van der Waals surface area contributed by atoms with Gasteiger partial charge in [-0.25, -0.2) is 4.79 Å². The number of carboxylic acid groups (broad SMARTS) is 1. The second-order valence-corrected chi connectivity index (χ2v) is 14.5. The van der Waals surface area contributed by atoms with E-state index in [0.717, 1.165) is 34.6 Å². The second kappa shape index (κ2) is 24.2. The normalized spacial score (nSPS) is 11.0. The van der Waals surface area contributed by atoms with Gasteiger partial charge in [0.05, 0.1) is 22.3 Å². The van der Waals surface area contributed by atoms with E-state index in [1.807, 2.05) is 0 Å². The first kappa shape index (κ1) is 51.5. The number of rotatable bonds is 21. The highest BCUT2D eigenvalue weighted by Crippen LogP contribution is 2.35. The van der Waals surface area contributed by atoms with Gasteiger partial charge >= 0.3 is 35.8 Å². The summed E-state index contributed by atoms with van der Waals surface area (Å²) >= 11 is 0. The number of benzene rings is 4. The summed E-state index contributed by atoms with van der Waals surface area (Å²) < 4.78 is 31.8. The predicted molar refractivity (Wildman–Crippen MR) is 234 cm³/mol. The van der Waals surface area contributed by atoms with Crippen LogP contribution in [-0.2, 0) is 30.5 Å². The number of aromatic carboxylic acids is 1. The molecule has 3 amide bonds. The summed E-state index contributed by atoms with van der Waals surface area (Å²) in [5.74, 6) is -8.78. The van der Waals surface area contributed by atoms with Crippen LogP contribution in [0.3, 0.4) is 0 Å². The zero-order chi connectivity index (χ0) is 49.4. The summed E-state index contributed by atoms with van der Waals surface area (Å²) in [4.78, 5) is 117. The summed E-state index contributed by atoms with van der Waals surface area (Å²) in [6.07, 6.45) is -1.38. The number of aliphatic hydroxyl groups is 1. The third-order valence-electron chi connectivity index (χ3n) is 9.11. The van der Waals surface area contributed by atoms with Crippen molar-refractivity contribution in [3.05, 3.63) is 107 Å². The predicted octanol–water partition coefficient (Wildman–Crippen LogP) is 4.72. The summed E-state index contributed by atoms with van der Waals surface area (Å²) in [5, 5.41) is 22.8. The van der Waals surface area contributed by atoms with Crippen LogP contribution in [0.25, 0.3) is 0 Å². The number of hydrogen-bond donors (Lipinski definition) is 3. The third kappa shape index (κ3) is 15.0. The van der Waals surface area contributed by atoms with Crippen molar-refractivity contribution in [1.82, 2.24) is 15.1 Å². The van der Waals surface area contributed by atoms with Gasteiger partial charge < -0.3 is 53.8 Å². The molecule has 0 spiro atoms. The molecule has 20 nitrogen and oxygen atoms in total. The Bertz CT molecular complexity index is 2540. The van der Waals surface area contributed by atoms with Crippen molar-refractivity contribution in [2.24, 2.45) is 0 Å². The minimum atomic E-state index is -1.47. The standard InChI is InChI=1S/C47H49N3O17/c1-27(51)62-38-19-9-16-35(41(38)65-30(4)54)44(57)48-22-12-23-49(45(58)36-17-10-20-39(63-28(2)52)42(36)66-31(5)55)24-13-25-50(26-33-14-7-8-15-34(33)47(60)61)46(59)37-18-11-21-40(64-29(3)53)43(37)67-32(6)56/h7-11,14-21,32,56H,12-13,22-26H2,1-6H3,(H,48,57)(H,60,61). The molecular weight excluding hydrogens is 879 g/mol. The fourth-order valence-electron chi connectivity index (χ4n) is 6.56.